The Kier molecular flexibility index (Phi) is 4.27. The number of aromatic nitrogens is 2. The van der Waals surface area contributed by atoms with E-state index < -0.39 is 0 Å². The summed E-state index contributed by atoms with van der Waals surface area (Å²) in [5, 5.41) is 13.4. The highest BCUT2D eigenvalue weighted by molar-refractivity contribution is 7.13. The summed E-state index contributed by atoms with van der Waals surface area (Å²) in [7, 11) is 0. The highest BCUT2D eigenvalue weighted by atomic mass is 32.1. The molecule has 1 atom stereocenters. The number of rotatable bonds is 4. The molecule has 2 heterocycles. The smallest absolute Gasteiger partial charge is 0.321 e. The Balaban J connectivity index is 1.68. The molecule has 0 aromatic carbocycles. The molecule has 1 aliphatic rings. The molecule has 1 fully saturated rings. The summed E-state index contributed by atoms with van der Waals surface area (Å²) in [6, 6.07) is 0.172. The molecular formula is C10H17N5OS. The van der Waals surface area contributed by atoms with E-state index in [4.69, 9.17) is 0 Å². The summed E-state index contributed by atoms with van der Waals surface area (Å²) in [4.78, 5) is 13.9. The second-order valence-electron chi connectivity index (χ2n) is 4.17. The summed E-state index contributed by atoms with van der Waals surface area (Å²) in [5.74, 6) is 0. The predicted molar refractivity (Wildman–Crippen MR) is 67.2 cm³/mol. The van der Waals surface area contributed by atoms with Gasteiger partial charge in [0.25, 0.3) is 0 Å². The summed E-state index contributed by atoms with van der Waals surface area (Å²) < 4.78 is 0. The molecule has 6 nitrogen and oxygen atoms in total. The van der Waals surface area contributed by atoms with Gasteiger partial charge in [0.2, 0.25) is 5.13 Å². The van der Waals surface area contributed by atoms with Crippen molar-refractivity contribution in [3.8, 4) is 0 Å². The van der Waals surface area contributed by atoms with Crippen LogP contribution in [-0.2, 0) is 0 Å². The molecule has 2 amide bonds. The van der Waals surface area contributed by atoms with Crippen LogP contribution in [0.1, 0.15) is 19.8 Å². The van der Waals surface area contributed by atoms with Crippen LogP contribution in [0.15, 0.2) is 5.51 Å². The average Bonchev–Trinajstić information content (AvgIpc) is 2.97. The molecule has 1 aromatic rings. The lowest BCUT2D eigenvalue weighted by Gasteiger charge is -2.23. The molecule has 1 aliphatic heterocycles. The Bertz CT molecular complexity index is 350. The molecule has 94 valence electrons. The van der Waals surface area contributed by atoms with Crippen LogP contribution in [0.25, 0.3) is 0 Å². The molecule has 2 N–H and O–H groups in total. The third kappa shape index (κ3) is 3.64. The van der Waals surface area contributed by atoms with Crippen LogP contribution >= 0.6 is 11.3 Å². The Morgan fingerprint density at radius 3 is 3.00 bits per heavy atom. The van der Waals surface area contributed by atoms with Crippen LogP contribution in [0.3, 0.4) is 0 Å². The van der Waals surface area contributed by atoms with Gasteiger partial charge in [0, 0.05) is 12.6 Å². The van der Waals surface area contributed by atoms with E-state index >= 15 is 0 Å². The minimum Gasteiger partial charge on any atom is -0.336 e. The highest BCUT2D eigenvalue weighted by Crippen LogP contribution is 2.11. The Morgan fingerprint density at radius 2 is 2.35 bits per heavy atom. The Hall–Kier alpha value is -1.21. The fourth-order valence-corrected chi connectivity index (χ4v) is 2.36. The van der Waals surface area contributed by atoms with E-state index in [1.165, 1.54) is 24.2 Å². The fraction of sp³-hybridized carbons (Fsp3) is 0.700. The van der Waals surface area contributed by atoms with Gasteiger partial charge in [0.15, 0.2) is 0 Å². The van der Waals surface area contributed by atoms with Crippen molar-refractivity contribution in [2.24, 2.45) is 0 Å². The van der Waals surface area contributed by atoms with Gasteiger partial charge in [-0.15, -0.1) is 10.2 Å². The first-order valence-corrected chi connectivity index (χ1v) is 6.69. The lowest BCUT2D eigenvalue weighted by atomic mass is 10.3. The summed E-state index contributed by atoms with van der Waals surface area (Å²) in [5.41, 5.74) is 1.59. The number of carbonyl (C=O) groups is 1. The second kappa shape index (κ2) is 5.92. The molecule has 1 aromatic heterocycles. The van der Waals surface area contributed by atoms with Crippen LogP contribution in [0.5, 0.6) is 0 Å². The van der Waals surface area contributed by atoms with E-state index in [1.807, 2.05) is 0 Å². The molecule has 0 unspecified atom stereocenters. The number of nitrogens with one attached hydrogen (secondary N) is 2. The molecule has 7 heteroatoms. The molecule has 0 saturated carbocycles. The number of urea groups is 1. The highest BCUT2D eigenvalue weighted by Gasteiger charge is 2.18. The molecule has 0 aliphatic carbocycles. The first-order chi connectivity index (χ1) is 8.25. The third-order valence-corrected chi connectivity index (χ3v) is 3.51. The second-order valence-corrected chi connectivity index (χ2v) is 5.00. The van der Waals surface area contributed by atoms with Gasteiger partial charge in [-0.25, -0.2) is 4.79 Å². The summed E-state index contributed by atoms with van der Waals surface area (Å²) in [6.45, 7) is 5.07. The normalized spacial score (nSPS) is 17.9. The van der Waals surface area contributed by atoms with Crippen molar-refractivity contribution in [3.05, 3.63) is 5.51 Å². The number of hydrogen-bond donors (Lipinski definition) is 2. The number of likely N-dealkylation sites (tertiary alicyclic amines) is 1. The van der Waals surface area contributed by atoms with Gasteiger partial charge in [-0.3, -0.25) is 10.2 Å². The van der Waals surface area contributed by atoms with E-state index in [0.717, 1.165) is 13.1 Å². The zero-order valence-corrected chi connectivity index (χ0v) is 10.7. The van der Waals surface area contributed by atoms with Gasteiger partial charge in [0.1, 0.15) is 5.51 Å². The summed E-state index contributed by atoms with van der Waals surface area (Å²) >= 11 is 1.31. The number of carbonyl (C=O) groups excluding carboxylic acids is 1. The maximum Gasteiger partial charge on any atom is 0.321 e. The van der Waals surface area contributed by atoms with Crippen molar-refractivity contribution in [2.75, 3.05) is 25.0 Å². The number of amides is 2. The van der Waals surface area contributed by atoms with Crippen molar-refractivity contribution in [2.45, 2.75) is 25.8 Å². The minimum atomic E-state index is -0.215. The van der Waals surface area contributed by atoms with Crippen molar-refractivity contribution < 1.29 is 4.79 Å². The topological polar surface area (TPSA) is 70.1 Å². The zero-order valence-electron chi connectivity index (χ0n) is 9.85. The first-order valence-electron chi connectivity index (χ1n) is 5.81. The van der Waals surface area contributed by atoms with Crippen molar-refractivity contribution in [1.29, 1.82) is 0 Å². The van der Waals surface area contributed by atoms with Crippen LogP contribution in [0, 0.1) is 0 Å². The van der Waals surface area contributed by atoms with Crippen LogP contribution in [-0.4, -0.2) is 46.8 Å². The van der Waals surface area contributed by atoms with E-state index in [0.29, 0.717) is 17.7 Å². The largest absolute Gasteiger partial charge is 0.336 e. The fourth-order valence-electron chi connectivity index (χ4n) is 1.92. The summed E-state index contributed by atoms with van der Waals surface area (Å²) in [6.07, 6.45) is 2.53. The van der Waals surface area contributed by atoms with Crippen molar-refractivity contribution in [3.63, 3.8) is 0 Å². The zero-order chi connectivity index (χ0) is 12.1. The van der Waals surface area contributed by atoms with Crippen LogP contribution in [0.4, 0.5) is 9.93 Å². The van der Waals surface area contributed by atoms with Crippen LogP contribution in [0.2, 0.25) is 0 Å². The van der Waals surface area contributed by atoms with Gasteiger partial charge < -0.3 is 5.32 Å². The van der Waals surface area contributed by atoms with Gasteiger partial charge >= 0.3 is 6.03 Å². The SMILES string of the molecule is C[C@@H](CNC(=O)Nc1nncs1)N1CCCC1. The number of hydrogen-bond acceptors (Lipinski definition) is 5. The minimum absolute atomic E-state index is 0.215. The van der Waals surface area contributed by atoms with Gasteiger partial charge in [0.05, 0.1) is 0 Å². The lowest BCUT2D eigenvalue weighted by Crippen LogP contribution is -2.42. The van der Waals surface area contributed by atoms with E-state index in [1.54, 1.807) is 5.51 Å². The van der Waals surface area contributed by atoms with Gasteiger partial charge in [-0.05, 0) is 32.9 Å². The number of anilines is 1. The number of nitrogens with zero attached hydrogens (tertiary/aromatic N) is 3. The first kappa shape index (κ1) is 12.3. The molecule has 0 bridgehead atoms. The average molecular weight is 255 g/mol. The maximum atomic E-state index is 11.5. The van der Waals surface area contributed by atoms with Crippen molar-refractivity contribution >= 4 is 22.5 Å². The Morgan fingerprint density at radius 1 is 1.59 bits per heavy atom. The van der Waals surface area contributed by atoms with E-state index in [-0.39, 0.29) is 6.03 Å². The Labute approximate surface area is 104 Å². The molecule has 0 spiro atoms. The van der Waals surface area contributed by atoms with Gasteiger partial charge in [-0.1, -0.05) is 11.3 Å². The third-order valence-electron chi connectivity index (χ3n) is 2.90. The monoisotopic (exact) mass is 255 g/mol. The molecule has 1 saturated heterocycles. The van der Waals surface area contributed by atoms with E-state index in [2.05, 4.69) is 32.7 Å². The maximum absolute atomic E-state index is 11.5. The van der Waals surface area contributed by atoms with E-state index in [9.17, 15) is 4.79 Å². The lowest BCUT2D eigenvalue weighted by molar-refractivity contribution is 0.234. The molecule has 0 radical (unpaired) electrons. The van der Waals surface area contributed by atoms with Crippen LogP contribution < -0.4 is 10.6 Å². The standard InChI is InChI=1S/C10H17N5OS/c1-8(15-4-2-3-5-15)6-11-9(16)13-10-14-12-7-17-10/h7-8H,2-6H2,1H3,(H2,11,13,14,16)/t8-/m0/s1. The molecule has 2 rings (SSSR count). The van der Waals surface area contributed by atoms with Crippen molar-refractivity contribution in [1.82, 2.24) is 20.4 Å². The van der Waals surface area contributed by atoms with Gasteiger partial charge in [-0.2, -0.15) is 0 Å². The molecular weight excluding hydrogens is 238 g/mol. The molecule has 17 heavy (non-hydrogen) atoms. The predicted octanol–water partition coefficient (Wildman–Crippen LogP) is 1.14. The quantitative estimate of drug-likeness (QED) is 0.846.